The molecule has 112 valence electrons. The molecule has 0 spiro atoms. The van der Waals surface area contributed by atoms with E-state index in [1.54, 1.807) is 23.0 Å². The summed E-state index contributed by atoms with van der Waals surface area (Å²) in [6.45, 7) is 0. The summed E-state index contributed by atoms with van der Waals surface area (Å²) in [5.41, 5.74) is 7.18. The Bertz CT molecular complexity index is 647. The van der Waals surface area contributed by atoms with Gasteiger partial charge in [0, 0.05) is 30.5 Å². The average molecular weight is 290 g/mol. The minimum atomic E-state index is -0.952. The summed E-state index contributed by atoms with van der Waals surface area (Å²) in [5.74, 6) is 0.715. The van der Waals surface area contributed by atoms with Crippen LogP contribution in [0.2, 0.25) is 0 Å². The van der Waals surface area contributed by atoms with Crippen molar-refractivity contribution in [3.63, 3.8) is 0 Å². The van der Waals surface area contributed by atoms with Crippen molar-refractivity contribution in [2.45, 2.75) is 37.8 Å². The molecule has 1 amide bonds. The van der Waals surface area contributed by atoms with Gasteiger partial charge in [0.05, 0.1) is 5.69 Å². The van der Waals surface area contributed by atoms with Gasteiger partial charge in [0.1, 0.15) is 5.82 Å². The van der Waals surface area contributed by atoms with Crippen LogP contribution in [0, 0.1) is 0 Å². The van der Waals surface area contributed by atoms with E-state index in [2.05, 4.69) is 20.7 Å². The standard InChI is InChI=1S/C13H18N6O2/c14-10-7-11(18-19-6-5-15-12(10)19)16-8-1-3-9(4-2-8)17-13(20)21/h5-9,17H,1-4,14H2,(H,16,18)(H,20,21)/t8-,9-. The van der Waals surface area contributed by atoms with Gasteiger partial charge in [0.2, 0.25) is 0 Å². The molecule has 2 heterocycles. The van der Waals surface area contributed by atoms with Crippen LogP contribution in [0.25, 0.3) is 5.65 Å². The number of carboxylic acid groups (broad SMARTS) is 1. The fourth-order valence-corrected chi connectivity index (χ4v) is 2.78. The van der Waals surface area contributed by atoms with E-state index in [1.165, 1.54) is 0 Å². The second kappa shape index (κ2) is 5.47. The topological polar surface area (TPSA) is 118 Å². The number of rotatable bonds is 3. The minimum absolute atomic E-state index is 0.0507. The van der Waals surface area contributed by atoms with Gasteiger partial charge in [-0.3, -0.25) is 0 Å². The highest BCUT2D eigenvalue weighted by atomic mass is 16.4. The number of hydrogen-bond donors (Lipinski definition) is 4. The molecule has 0 saturated heterocycles. The van der Waals surface area contributed by atoms with Gasteiger partial charge in [-0.05, 0) is 25.7 Å². The quantitative estimate of drug-likeness (QED) is 0.677. The maximum atomic E-state index is 10.6. The first-order valence-corrected chi connectivity index (χ1v) is 6.97. The van der Waals surface area contributed by atoms with Gasteiger partial charge in [-0.1, -0.05) is 0 Å². The van der Waals surface area contributed by atoms with Crippen molar-refractivity contribution in [3.8, 4) is 0 Å². The lowest BCUT2D eigenvalue weighted by Crippen LogP contribution is -2.39. The number of nitrogens with two attached hydrogens (primary N) is 1. The number of nitrogen functional groups attached to an aromatic ring is 1. The first-order chi connectivity index (χ1) is 10.1. The SMILES string of the molecule is Nc1cc(N[C@H]2CC[C@H](NC(=O)O)CC2)nn2ccnc12. The van der Waals surface area contributed by atoms with Crippen LogP contribution in [0.3, 0.4) is 0 Å². The fourth-order valence-electron chi connectivity index (χ4n) is 2.78. The largest absolute Gasteiger partial charge is 0.465 e. The van der Waals surface area contributed by atoms with Gasteiger partial charge >= 0.3 is 6.09 Å². The molecule has 5 N–H and O–H groups in total. The summed E-state index contributed by atoms with van der Waals surface area (Å²) < 4.78 is 1.65. The zero-order chi connectivity index (χ0) is 14.8. The second-order valence-electron chi connectivity index (χ2n) is 5.32. The Morgan fingerprint density at radius 3 is 2.76 bits per heavy atom. The molecular weight excluding hydrogens is 272 g/mol. The van der Waals surface area contributed by atoms with Gasteiger partial charge in [-0.2, -0.15) is 0 Å². The van der Waals surface area contributed by atoms with E-state index in [0.29, 0.717) is 17.2 Å². The summed E-state index contributed by atoms with van der Waals surface area (Å²) in [5, 5.41) is 19.0. The number of fused-ring (bicyclic) bond motifs is 1. The Morgan fingerprint density at radius 1 is 1.33 bits per heavy atom. The molecule has 0 unspecified atom stereocenters. The van der Waals surface area contributed by atoms with Crippen molar-refractivity contribution in [3.05, 3.63) is 18.5 Å². The molecule has 8 heteroatoms. The summed E-state index contributed by atoms with van der Waals surface area (Å²) >= 11 is 0. The van der Waals surface area contributed by atoms with Crippen molar-refractivity contribution in [2.75, 3.05) is 11.1 Å². The molecule has 3 rings (SSSR count). The summed E-state index contributed by atoms with van der Waals surface area (Å²) in [7, 11) is 0. The van der Waals surface area contributed by atoms with E-state index < -0.39 is 6.09 Å². The zero-order valence-corrected chi connectivity index (χ0v) is 11.5. The van der Waals surface area contributed by atoms with Crippen molar-refractivity contribution in [1.82, 2.24) is 19.9 Å². The number of amides is 1. The number of nitrogens with one attached hydrogen (secondary N) is 2. The predicted molar refractivity (Wildman–Crippen MR) is 78.2 cm³/mol. The Balaban J connectivity index is 1.63. The lowest BCUT2D eigenvalue weighted by Gasteiger charge is -2.29. The van der Waals surface area contributed by atoms with Crippen LogP contribution < -0.4 is 16.4 Å². The number of nitrogens with zero attached hydrogens (tertiary/aromatic N) is 3. The van der Waals surface area contributed by atoms with Gasteiger partial charge in [-0.25, -0.2) is 14.3 Å². The van der Waals surface area contributed by atoms with Crippen LogP contribution in [0.15, 0.2) is 18.5 Å². The molecule has 1 aliphatic carbocycles. The molecule has 2 aromatic rings. The lowest BCUT2D eigenvalue weighted by atomic mass is 9.91. The smallest absolute Gasteiger partial charge is 0.404 e. The number of anilines is 2. The maximum absolute atomic E-state index is 10.6. The van der Waals surface area contributed by atoms with Crippen LogP contribution in [0.1, 0.15) is 25.7 Å². The third-order valence-electron chi connectivity index (χ3n) is 3.79. The molecule has 0 aromatic carbocycles. The number of carbonyl (C=O) groups is 1. The third-order valence-corrected chi connectivity index (χ3v) is 3.79. The molecule has 0 atom stereocenters. The Morgan fingerprint density at radius 2 is 2.05 bits per heavy atom. The molecule has 1 fully saturated rings. The molecule has 1 saturated carbocycles. The molecule has 2 aromatic heterocycles. The highest BCUT2D eigenvalue weighted by Gasteiger charge is 2.22. The van der Waals surface area contributed by atoms with E-state index >= 15 is 0 Å². The maximum Gasteiger partial charge on any atom is 0.404 e. The first kappa shape index (κ1) is 13.5. The minimum Gasteiger partial charge on any atom is -0.465 e. The number of aromatic nitrogens is 3. The molecule has 0 aliphatic heterocycles. The average Bonchev–Trinajstić information content (AvgIpc) is 2.89. The van der Waals surface area contributed by atoms with Crippen LogP contribution >= 0.6 is 0 Å². The second-order valence-corrected chi connectivity index (χ2v) is 5.32. The highest BCUT2D eigenvalue weighted by molar-refractivity contribution is 5.67. The van der Waals surface area contributed by atoms with Crippen LogP contribution in [0.4, 0.5) is 16.3 Å². The zero-order valence-electron chi connectivity index (χ0n) is 11.5. The highest BCUT2D eigenvalue weighted by Crippen LogP contribution is 2.23. The van der Waals surface area contributed by atoms with Gasteiger partial charge in [0.25, 0.3) is 0 Å². The van der Waals surface area contributed by atoms with Crippen LogP contribution in [-0.4, -0.2) is 37.9 Å². The van der Waals surface area contributed by atoms with Crippen LogP contribution in [0.5, 0.6) is 0 Å². The molecule has 0 radical (unpaired) electrons. The molecule has 21 heavy (non-hydrogen) atoms. The summed E-state index contributed by atoms with van der Waals surface area (Å²) in [6, 6.07) is 2.11. The molecule has 1 aliphatic rings. The normalized spacial score (nSPS) is 22.1. The van der Waals surface area contributed by atoms with E-state index in [9.17, 15) is 4.79 Å². The Labute approximate surface area is 121 Å². The summed E-state index contributed by atoms with van der Waals surface area (Å²) in [4.78, 5) is 14.7. The fraction of sp³-hybridized carbons (Fsp3) is 0.462. The van der Waals surface area contributed by atoms with Gasteiger partial charge < -0.3 is 21.5 Å². The van der Waals surface area contributed by atoms with Crippen molar-refractivity contribution >= 4 is 23.2 Å². The van der Waals surface area contributed by atoms with Crippen molar-refractivity contribution in [1.29, 1.82) is 0 Å². The third kappa shape index (κ3) is 2.99. The first-order valence-electron chi connectivity index (χ1n) is 6.97. The summed E-state index contributed by atoms with van der Waals surface area (Å²) in [6.07, 6.45) is 5.91. The van der Waals surface area contributed by atoms with E-state index in [4.69, 9.17) is 10.8 Å². The lowest BCUT2D eigenvalue weighted by molar-refractivity contribution is 0.185. The Hall–Kier alpha value is -2.51. The van der Waals surface area contributed by atoms with E-state index in [0.717, 1.165) is 25.7 Å². The number of hydrogen-bond acceptors (Lipinski definition) is 5. The van der Waals surface area contributed by atoms with Crippen LogP contribution in [-0.2, 0) is 0 Å². The monoisotopic (exact) mass is 290 g/mol. The van der Waals surface area contributed by atoms with Gasteiger partial charge in [-0.15, -0.1) is 5.10 Å². The predicted octanol–water partition coefficient (Wildman–Crippen LogP) is 1.30. The number of imidazole rings is 1. The Kier molecular flexibility index (Phi) is 3.51. The van der Waals surface area contributed by atoms with Crippen molar-refractivity contribution in [2.24, 2.45) is 0 Å². The van der Waals surface area contributed by atoms with E-state index in [1.807, 2.05) is 0 Å². The van der Waals surface area contributed by atoms with Gasteiger partial charge in [0.15, 0.2) is 5.65 Å². The van der Waals surface area contributed by atoms with Crippen molar-refractivity contribution < 1.29 is 9.90 Å². The molecular formula is C13H18N6O2. The van der Waals surface area contributed by atoms with E-state index in [-0.39, 0.29) is 12.1 Å². The molecule has 0 bridgehead atoms. The molecule has 8 nitrogen and oxygen atoms in total.